The summed E-state index contributed by atoms with van der Waals surface area (Å²) in [5, 5.41) is 5.13. The minimum Gasteiger partial charge on any atom is -0.388 e. The summed E-state index contributed by atoms with van der Waals surface area (Å²) in [5.74, 6) is -0.453. The maximum absolute atomic E-state index is 12.8. The van der Waals surface area contributed by atoms with E-state index in [-0.39, 0.29) is 17.3 Å². The van der Waals surface area contributed by atoms with Crippen LogP contribution in [0.2, 0.25) is 0 Å². The largest absolute Gasteiger partial charge is 0.418 e. The van der Waals surface area contributed by atoms with Crippen LogP contribution >= 0.6 is 0 Å². The Morgan fingerprint density at radius 3 is 2.50 bits per heavy atom. The predicted molar refractivity (Wildman–Crippen MR) is 61.5 cm³/mol. The van der Waals surface area contributed by atoms with E-state index in [0.29, 0.717) is 0 Å². The predicted octanol–water partition coefficient (Wildman–Crippen LogP) is 2.64. The summed E-state index contributed by atoms with van der Waals surface area (Å²) in [5.41, 5.74) is -0.827. The van der Waals surface area contributed by atoms with Gasteiger partial charge in [-0.15, -0.1) is 0 Å². The number of rotatable bonds is 3. The van der Waals surface area contributed by atoms with Crippen molar-refractivity contribution in [2.45, 2.75) is 25.1 Å². The van der Waals surface area contributed by atoms with Gasteiger partial charge in [0.25, 0.3) is 5.91 Å². The van der Waals surface area contributed by atoms with Gasteiger partial charge < -0.3 is 10.6 Å². The number of benzene rings is 1. The summed E-state index contributed by atoms with van der Waals surface area (Å²) >= 11 is 0. The summed E-state index contributed by atoms with van der Waals surface area (Å²) in [4.78, 5) is 11.7. The molecule has 18 heavy (non-hydrogen) atoms. The van der Waals surface area contributed by atoms with Crippen molar-refractivity contribution < 1.29 is 18.0 Å². The van der Waals surface area contributed by atoms with Gasteiger partial charge in [-0.1, -0.05) is 0 Å². The topological polar surface area (TPSA) is 41.1 Å². The van der Waals surface area contributed by atoms with E-state index >= 15 is 0 Å². The average molecular weight is 258 g/mol. The molecule has 1 amide bonds. The van der Waals surface area contributed by atoms with Gasteiger partial charge in [-0.2, -0.15) is 13.2 Å². The van der Waals surface area contributed by atoms with Gasteiger partial charge in [-0.3, -0.25) is 4.79 Å². The lowest BCUT2D eigenvalue weighted by molar-refractivity contribution is -0.136. The van der Waals surface area contributed by atoms with Crippen LogP contribution in [0.25, 0.3) is 0 Å². The number of alkyl halides is 3. The van der Waals surface area contributed by atoms with E-state index < -0.39 is 17.6 Å². The van der Waals surface area contributed by atoms with Crippen LogP contribution in [-0.4, -0.2) is 19.0 Å². The quantitative estimate of drug-likeness (QED) is 0.875. The van der Waals surface area contributed by atoms with Gasteiger partial charge in [0.15, 0.2) is 0 Å². The highest BCUT2D eigenvalue weighted by molar-refractivity contribution is 5.95. The fraction of sp³-hybridized carbons (Fsp3) is 0.417. The Hall–Kier alpha value is -1.72. The second kappa shape index (κ2) is 4.51. The fourth-order valence-electron chi connectivity index (χ4n) is 1.63. The van der Waals surface area contributed by atoms with Gasteiger partial charge >= 0.3 is 6.18 Å². The summed E-state index contributed by atoms with van der Waals surface area (Å²) in [6.07, 6.45) is -2.69. The van der Waals surface area contributed by atoms with Gasteiger partial charge in [-0.05, 0) is 31.0 Å². The first-order valence-corrected chi connectivity index (χ1v) is 5.61. The lowest BCUT2D eigenvalue weighted by Gasteiger charge is -2.14. The minimum atomic E-state index is -4.48. The van der Waals surface area contributed by atoms with Crippen molar-refractivity contribution in [3.8, 4) is 0 Å². The van der Waals surface area contributed by atoms with Gasteiger partial charge in [0.2, 0.25) is 0 Å². The number of amides is 1. The number of carbonyl (C=O) groups excluding carboxylic acids is 1. The van der Waals surface area contributed by atoms with Crippen molar-refractivity contribution >= 4 is 11.6 Å². The van der Waals surface area contributed by atoms with E-state index in [1.165, 1.54) is 19.2 Å². The Labute approximate surface area is 102 Å². The van der Waals surface area contributed by atoms with Gasteiger partial charge in [-0.25, -0.2) is 0 Å². The van der Waals surface area contributed by atoms with E-state index in [9.17, 15) is 18.0 Å². The normalized spacial score (nSPS) is 15.3. The molecule has 0 atom stereocenters. The Morgan fingerprint density at radius 2 is 2.00 bits per heavy atom. The molecule has 3 nitrogen and oxygen atoms in total. The number of anilines is 1. The van der Waals surface area contributed by atoms with Crippen LogP contribution in [0.1, 0.15) is 28.8 Å². The lowest BCUT2D eigenvalue weighted by atomic mass is 10.1. The van der Waals surface area contributed by atoms with E-state index in [1.807, 2.05) is 0 Å². The van der Waals surface area contributed by atoms with Crippen LogP contribution < -0.4 is 10.6 Å². The molecule has 0 saturated heterocycles. The Kier molecular flexibility index (Phi) is 3.19. The third-order valence-corrected chi connectivity index (χ3v) is 2.77. The average Bonchev–Trinajstić information content (AvgIpc) is 3.11. The fourth-order valence-corrected chi connectivity index (χ4v) is 1.63. The molecular formula is C12H13F3N2O. The molecule has 2 rings (SSSR count). The van der Waals surface area contributed by atoms with Gasteiger partial charge in [0.05, 0.1) is 5.56 Å². The molecule has 1 aromatic carbocycles. The zero-order valence-corrected chi connectivity index (χ0v) is 9.77. The van der Waals surface area contributed by atoms with E-state index in [1.54, 1.807) is 0 Å². The number of nitrogens with one attached hydrogen (secondary N) is 2. The van der Waals surface area contributed by atoms with E-state index in [0.717, 1.165) is 18.9 Å². The molecular weight excluding hydrogens is 245 g/mol. The standard InChI is InChI=1S/C12H13F3N2O/c1-16-10-5-2-7(6-9(10)12(13,14)15)11(18)17-8-3-4-8/h2,5-6,8,16H,3-4H2,1H3,(H,17,18). The highest BCUT2D eigenvalue weighted by Gasteiger charge is 2.34. The molecule has 1 aliphatic carbocycles. The molecule has 0 spiro atoms. The van der Waals surface area contributed by atoms with Crippen LogP contribution in [0.3, 0.4) is 0 Å². The summed E-state index contributed by atoms with van der Waals surface area (Å²) in [6, 6.07) is 3.66. The third kappa shape index (κ3) is 2.75. The molecule has 0 radical (unpaired) electrons. The minimum absolute atomic E-state index is 0.0354. The monoisotopic (exact) mass is 258 g/mol. The molecule has 0 heterocycles. The molecule has 1 aliphatic rings. The van der Waals surface area contributed by atoms with Crippen LogP contribution in [0.5, 0.6) is 0 Å². The van der Waals surface area contributed by atoms with Crippen LogP contribution in [0, 0.1) is 0 Å². The maximum Gasteiger partial charge on any atom is 0.418 e. The number of halogens is 3. The molecule has 0 bridgehead atoms. The van der Waals surface area contributed by atoms with E-state index in [2.05, 4.69) is 10.6 Å². The van der Waals surface area contributed by atoms with Gasteiger partial charge in [0, 0.05) is 24.3 Å². The first kappa shape index (κ1) is 12.7. The van der Waals surface area contributed by atoms with Crippen LogP contribution in [0.4, 0.5) is 18.9 Å². The molecule has 98 valence electrons. The van der Waals surface area contributed by atoms with Crippen molar-refractivity contribution in [3.05, 3.63) is 29.3 Å². The van der Waals surface area contributed by atoms with Crippen molar-refractivity contribution in [2.75, 3.05) is 12.4 Å². The summed E-state index contributed by atoms with van der Waals surface area (Å²) < 4.78 is 38.3. The Balaban J connectivity index is 2.29. The Bertz CT molecular complexity index is 467. The molecule has 0 unspecified atom stereocenters. The number of hydrogen-bond donors (Lipinski definition) is 2. The highest BCUT2D eigenvalue weighted by atomic mass is 19.4. The molecule has 0 aliphatic heterocycles. The van der Waals surface area contributed by atoms with Crippen molar-refractivity contribution in [1.82, 2.24) is 5.32 Å². The van der Waals surface area contributed by atoms with Crippen LogP contribution in [0.15, 0.2) is 18.2 Å². The Morgan fingerprint density at radius 1 is 1.33 bits per heavy atom. The molecule has 0 aromatic heterocycles. The van der Waals surface area contributed by atoms with E-state index in [4.69, 9.17) is 0 Å². The zero-order chi connectivity index (χ0) is 13.3. The molecule has 1 saturated carbocycles. The second-order valence-electron chi connectivity index (χ2n) is 4.26. The van der Waals surface area contributed by atoms with Crippen molar-refractivity contribution in [3.63, 3.8) is 0 Å². The first-order valence-electron chi connectivity index (χ1n) is 5.61. The summed E-state index contributed by atoms with van der Waals surface area (Å²) in [6.45, 7) is 0. The molecule has 2 N–H and O–H groups in total. The first-order chi connectivity index (χ1) is 8.41. The van der Waals surface area contributed by atoms with Crippen LogP contribution in [-0.2, 0) is 6.18 Å². The molecule has 6 heteroatoms. The lowest BCUT2D eigenvalue weighted by Crippen LogP contribution is -2.25. The SMILES string of the molecule is CNc1ccc(C(=O)NC2CC2)cc1C(F)(F)F. The number of hydrogen-bond acceptors (Lipinski definition) is 2. The smallest absolute Gasteiger partial charge is 0.388 e. The third-order valence-electron chi connectivity index (χ3n) is 2.77. The van der Waals surface area contributed by atoms with Crippen molar-refractivity contribution in [2.24, 2.45) is 0 Å². The number of carbonyl (C=O) groups is 1. The summed E-state index contributed by atoms with van der Waals surface area (Å²) in [7, 11) is 1.41. The second-order valence-corrected chi connectivity index (χ2v) is 4.26. The maximum atomic E-state index is 12.8. The van der Waals surface area contributed by atoms with Gasteiger partial charge in [0.1, 0.15) is 0 Å². The molecule has 1 aromatic rings. The molecule has 1 fully saturated rings. The zero-order valence-electron chi connectivity index (χ0n) is 9.77. The highest BCUT2D eigenvalue weighted by Crippen LogP contribution is 2.35. The van der Waals surface area contributed by atoms with Crippen molar-refractivity contribution in [1.29, 1.82) is 0 Å².